The van der Waals surface area contributed by atoms with E-state index in [4.69, 9.17) is 4.74 Å². The molecule has 2 atom stereocenters. The van der Waals surface area contributed by atoms with Crippen molar-refractivity contribution < 1.29 is 24.2 Å². The van der Waals surface area contributed by atoms with Gasteiger partial charge in [0.15, 0.2) is 0 Å². The van der Waals surface area contributed by atoms with Gasteiger partial charge in [0.1, 0.15) is 5.75 Å². The molecule has 0 bridgehead atoms. The van der Waals surface area contributed by atoms with Crippen molar-refractivity contribution in [2.24, 2.45) is 0 Å². The molecular formula is C21H22N2O5. The predicted molar refractivity (Wildman–Crippen MR) is 103 cm³/mol. The average molecular weight is 382 g/mol. The van der Waals surface area contributed by atoms with E-state index in [1.54, 1.807) is 54.6 Å². The second-order valence-corrected chi connectivity index (χ2v) is 6.85. The van der Waals surface area contributed by atoms with E-state index in [9.17, 15) is 19.5 Å². The smallest absolute Gasteiger partial charge is 0.347 e. The van der Waals surface area contributed by atoms with Crippen molar-refractivity contribution in [1.82, 2.24) is 4.90 Å². The largest absolute Gasteiger partial charge is 0.491 e. The number of imide groups is 1. The summed E-state index contributed by atoms with van der Waals surface area (Å²) in [5.74, 6) is -2.39. The van der Waals surface area contributed by atoms with Gasteiger partial charge in [-0.25, -0.2) is 9.69 Å². The van der Waals surface area contributed by atoms with Crippen molar-refractivity contribution in [3.63, 3.8) is 0 Å². The van der Waals surface area contributed by atoms with Crippen LogP contribution in [0.2, 0.25) is 0 Å². The lowest BCUT2D eigenvalue weighted by Gasteiger charge is -2.24. The van der Waals surface area contributed by atoms with Gasteiger partial charge in [-0.3, -0.25) is 9.59 Å². The van der Waals surface area contributed by atoms with E-state index in [-0.39, 0.29) is 12.5 Å². The Balaban J connectivity index is 1.80. The maximum atomic E-state index is 12.9. The Morgan fingerprint density at radius 3 is 2.32 bits per heavy atom. The highest BCUT2D eigenvalue weighted by atomic mass is 16.5. The summed E-state index contributed by atoms with van der Waals surface area (Å²) in [6, 6.07) is 15.6. The molecule has 2 N–H and O–H groups in total. The number of amides is 2. The molecule has 1 fully saturated rings. The topological polar surface area (TPSA) is 95.9 Å². The average Bonchev–Trinajstić information content (AvgIpc) is 2.95. The lowest BCUT2D eigenvalue weighted by atomic mass is 9.97. The van der Waals surface area contributed by atoms with Crippen LogP contribution < -0.4 is 10.1 Å². The number of anilines is 1. The quantitative estimate of drug-likeness (QED) is 0.715. The molecule has 1 heterocycles. The third-order valence-electron chi connectivity index (χ3n) is 4.41. The van der Waals surface area contributed by atoms with Gasteiger partial charge in [-0.15, -0.1) is 0 Å². The van der Waals surface area contributed by atoms with Crippen LogP contribution in [0.1, 0.15) is 31.7 Å². The molecule has 0 aromatic heterocycles. The first-order chi connectivity index (χ1) is 13.4. The van der Waals surface area contributed by atoms with Crippen LogP contribution in [-0.4, -0.2) is 40.1 Å². The number of carboxylic acid groups (broad SMARTS) is 1. The third-order valence-corrected chi connectivity index (χ3v) is 4.41. The molecule has 28 heavy (non-hydrogen) atoms. The second-order valence-electron chi connectivity index (χ2n) is 6.85. The molecule has 0 aliphatic carbocycles. The zero-order valence-corrected chi connectivity index (χ0v) is 15.7. The molecule has 1 saturated heterocycles. The number of ether oxygens (including phenoxy) is 1. The molecule has 1 aliphatic rings. The van der Waals surface area contributed by atoms with Gasteiger partial charge in [0.25, 0.3) is 0 Å². The monoisotopic (exact) mass is 382 g/mol. The van der Waals surface area contributed by atoms with Crippen molar-refractivity contribution in [3.05, 3.63) is 60.2 Å². The number of aliphatic carboxylic acids is 1. The minimum absolute atomic E-state index is 0.0245. The van der Waals surface area contributed by atoms with Crippen LogP contribution in [0.25, 0.3) is 0 Å². The Morgan fingerprint density at radius 2 is 1.75 bits per heavy atom. The second kappa shape index (κ2) is 8.12. The van der Waals surface area contributed by atoms with Crippen molar-refractivity contribution in [3.8, 4) is 5.75 Å². The summed E-state index contributed by atoms with van der Waals surface area (Å²) >= 11 is 0. The lowest BCUT2D eigenvalue weighted by Crippen LogP contribution is -2.49. The molecule has 2 aromatic rings. The fourth-order valence-corrected chi connectivity index (χ4v) is 3.16. The molecule has 2 unspecified atom stereocenters. The summed E-state index contributed by atoms with van der Waals surface area (Å²) in [6.45, 7) is 3.83. The molecule has 7 heteroatoms. The Hall–Kier alpha value is -3.35. The van der Waals surface area contributed by atoms with Crippen LogP contribution in [0.5, 0.6) is 5.75 Å². The summed E-state index contributed by atoms with van der Waals surface area (Å²) < 4.78 is 5.59. The number of carboxylic acids is 1. The molecule has 146 valence electrons. The van der Waals surface area contributed by atoms with E-state index in [2.05, 4.69) is 5.32 Å². The predicted octanol–water partition coefficient (Wildman–Crippen LogP) is 2.84. The van der Waals surface area contributed by atoms with Crippen LogP contribution in [-0.2, 0) is 14.4 Å². The number of nitrogens with zero attached hydrogens (tertiary/aromatic N) is 1. The molecule has 0 spiro atoms. The van der Waals surface area contributed by atoms with Crippen molar-refractivity contribution in [2.45, 2.75) is 38.5 Å². The first-order valence-corrected chi connectivity index (χ1v) is 9.03. The van der Waals surface area contributed by atoms with Crippen molar-refractivity contribution >= 4 is 23.5 Å². The number of likely N-dealkylation sites (tertiary alicyclic amines) is 1. The maximum Gasteiger partial charge on any atom is 0.347 e. The molecule has 1 aliphatic heterocycles. The lowest BCUT2D eigenvalue weighted by molar-refractivity contribution is -0.153. The molecule has 0 radical (unpaired) electrons. The van der Waals surface area contributed by atoms with Gasteiger partial charge >= 0.3 is 5.97 Å². The van der Waals surface area contributed by atoms with Crippen LogP contribution in [0.4, 0.5) is 5.69 Å². The van der Waals surface area contributed by atoms with Crippen LogP contribution >= 0.6 is 0 Å². The molecular weight excluding hydrogens is 360 g/mol. The fraction of sp³-hybridized carbons (Fsp3) is 0.286. The summed E-state index contributed by atoms with van der Waals surface area (Å²) in [6.07, 6.45) is -1.50. The zero-order valence-electron chi connectivity index (χ0n) is 15.7. The highest BCUT2D eigenvalue weighted by molar-refractivity contribution is 6.09. The van der Waals surface area contributed by atoms with Gasteiger partial charge in [0.2, 0.25) is 18.0 Å². The van der Waals surface area contributed by atoms with Gasteiger partial charge in [-0.2, -0.15) is 0 Å². The summed E-state index contributed by atoms with van der Waals surface area (Å²) in [5, 5.41) is 12.3. The molecule has 7 nitrogen and oxygen atoms in total. The number of nitrogens with one attached hydrogen (secondary N) is 1. The number of para-hydroxylation sites is 1. The summed E-state index contributed by atoms with van der Waals surface area (Å²) in [5.41, 5.74) is 1.16. The Bertz CT molecular complexity index is 864. The molecule has 2 amide bonds. The summed E-state index contributed by atoms with van der Waals surface area (Å²) in [7, 11) is 0. The van der Waals surface area contributed by atoms with Crippen LogP contribution in [0.15, 0.2) is 54.6 Å². The number of hydrogen-bond donors (Lipinski definition) is 2. The molecule has 3 rings (SSSR count). The third kappa shape index (κ3) is 4.14. The van der Waals surface area contributed by atoms with Gasteiger partial charge in [-0.05, 0) is 43.7 Å². The fourth-order valence-electron chi connectivity index (χ4n) is 3.16. The van der Waals surface area contributed by atoms with E-state index < -0.39 is 29.9 Å². The number of carbonyl (C=O) groups is 3. The highest BCUT2D eigenvalue weighted by Crippen LogP contribution is 2.32. The maximum absolute atomic E-state index is 12.9. The zero-order chi connectivity index (χ0) is 20.3. The number of benzene rings is 2. The van der Waals surface area contributed by atoms with Crippen LogP contribution in [0.3, 0.4) is 0 Å². The van der Waals surface area contributed by atoms with Crippen LogP contribution in [0, 0.1) is 0 Å². The van der Waals surface area contributed by atoms with E-state index in [0.29, 0.717) is 17.0 Å². The van der Waals surface area contributed by atoms with E-state index in [0.717, 1.165) is 4.90 Å². The van der Waals surface area contributed by atoms with E-state index in [1.807, 2.05) is 13.8 Å². The normalized spacial score (nSPS) is 17.7. The standard InChI is InChI=1S/C21H22N2O5/c1-13(2)28-16-10-8-14(9-11-16)17-12-18(24)23(20(17)25)19(21(26)27)22-15-6-4-3-5-7-15/h3-11,13,17,19,22H,12H2,1-2H3,(H,26,27). The Labute approximate surface area is 162 Å². The van der Waals surface area contributed by atoms with Crippen molar-refractivity contribution in [1.29, 1.82) is 0 Å². The van der Waals surface area contributed by atoms with E-state index >= 15 is 0 Å². The van der Waals surface area contributed by atoms with Gasteiger partial charge in [-0.1, -0.05) is 30.3 Å². The highest BCUT2D eigenvalue weighted by Gasteiger charge is 2.45. The number of hydrogen-bond acceptors (Lipinski definition) is 5. The summed E-state index contributed by atoms with van der Waals surface area (Å²) in [4.78, 5) is 37.9. The molecule has 0 saturated carbocycles. The first-order valence-electron chi connectivity index (χ1n) is 9.03. The number of carbonyl (C=O) groups excluding carboxylic acids is 2. The van der Waals surface area contributed by atoms with Gasteiger partial charge in [0, 0.05) is 12.1 Å². The van der Waals surface area contributed by atoms with Crippen molar-refractivity contribution in [2.75, 3.05) is 5.32 Å². The minimum atomic E-state index is -1.46. The minimum Gasteiger partial charge on any atom is -0.491 e. The first kappa shape index (κ1) is 19.4. The van der Waals surface area contributed by atoms with Gasteiger partial charge < -0.3 is 15.2 Å². The van der Waals surface area contributed by atoms with Gasteiger partial charge in [0.05, 0.1) is 12.0 Å². The Morgan fingerprint density at radius 1 is 1.11 bits per heavy atom. The Kier molecular flexibility index (Phi) is 5.63. The number of rotatable bonds is 7. The molecule has 2 aromatic carbocycles. The van der Waals surface area contributed by atoms with E-state index in [1.165, 1.54) is 0 Å². The SMILES string of the molecule is CC(C)Oc1ccc(C2CC(=O)N(C(Nc3ccccc3)C(=O)O)C2=O)cc1.